The van der Waals surface area contributed by atoms with E-state index >= 15 is 0 Å². The molecule has 104 valence electrons. The maximum atomic E-state index is 11.7. The van der Waals surface area contributed by atoms with E-state index in [2.05, 4.69) is 10.6 Å². The summed E-state index contributed by atoms with van der Waals surface area (Å²) in [5.74, 6) is -1.84. The van der Waals surface area contributed by atoms with Crippen molar-refractivity contribution in [3.63, 3.8) is 0 Å². The summed E-state index contributed by atoms with van der Waals surface area (Å²) in [5, 5.41) is 13.4. The summed E-state index contributed by atoms with van der Waals surface area (Å²) in [6, 6.07) is -0.686. The highest BCUT2D eigenvalue weighted by Crippen LogP contribution is 2.03. The minimum atomic E-state index is -1.11. The van der Waals surface area contributed by atoms with Gasteiger partial charge < -0.3 is 15.7 Å². The van der Waals surface area contributed by atoms with E-state index in [-0.39, 0.29) is 11.8 Å². The Hall–Kier alpha value is -1.59. The molecule has 0 saturated heterocycles. The molecule has 0 radical (unpaired) electrons. The lowest BCUT2D eigenvalue weighted by Crippen LogP contribution is -2.50. The van der Waals surface area contributed by atoms with E-state index in [1.54, 1.807) is 13.8 Å². The molecule has 0 saturated carbocycles. The normalized spacial score (nSPS) is 12.0. The third kappa shape index (κ3) is 6.88. The van der Waals surface area contributed by atoms with Gasteiger partial charge in [0.15, 0.2) is 0 Å². The van der Waals surface area contributed by atoms with Gasteiger partial charge in [-0.3, -0.25) is 14.4 Å². The zero-order valence-electron chi connectivity index (χ0n) is 11.2. The first kappa shape index (κ1) is 16.4. The van der Waals surface area contributed by atoms with Gasteiger partial charge in [0.2, 0.25) is 11.8 Å². The Bertz CT molecular complexity index is 302. The number of hydrogen-bond acceptors (Lipinski definition) is 3. The minimum absolute atomic E-state index is 0.0932. The highest BCUT2D eigenvalue weighted by Gasteiger charge is 2.23. The topological polar surface area (TPSA) is 95.5 Å². The summed E-state index contributed by atoms with van der Waals surface area (Å²) < 4.78 is 0. The molecule has 0 bridgehead atoms. The second-order valence-electron chi connectivity index (χ2n) is 4.50. The van der Waals surface area contributed by atoms with Gasteiger partial charge in [-0.15, -0.1) is 0 Å². The van der Waals surface area contributed by atoms with Crippen LogP contribution in [0.5, 0.6) is 0 Å². The van der Waals surface area contributed by atoms with E-state index in [1.807, 2.05) is 6.92 Å². The molecule has 0 aliphatic rings. The van der Waals surface area contributed by atoms with E-state index in [0.717, 1.165) is 12.8 Å². The van der Waals surface area contributed by atoms with Gasteiger partial charge in [-0.2, -0.15) is 0 Å². The van der Waals surface area contributed by atoms with Crippen LogP contribution < -0.4 is 10.6 Å². The van der Waals surface area contributed by atoms with Gasteiger partial charge in [-0.05, 0) is 12.3 Å². The average molecular weight is 258 g/mol. The molecule has 3 N–H and O–H groups in total. The van der Waals surface area contributed by atoms with Crippen LogP contribution in [0.1, 0.15) is 40.0 Å². The number of carbonyl (C=O) groups is 3. The van der Waals surface area contributed by atoms with Crippen molar-refractivity contribution < 1.29 is 19.5 Å². The number of hydrogen-bond donors (Lipinski definition) is 3. The van der Waals surface area contributed by atoms with Crippen LogP contribution in [0, 0.1) is 5.92 Å². The van der Waals surface area contributed by atoms with Crippen LogP contribution in [0.15, 0.2) is 0 Å². The van der Waals surface area contributed by atoms with Crippen LogP contribution in [0.2, 0.25) is 0 Å². The Morgan fingerprint density at radius 1 is 1.22 bits per heavy atom. The molecule has 0 aliphatic carbocycles. The van der Waals surface area contributed by atoms with Gasteiger partial charge in [0.25, 0.3) is 0 Å². The summed E-state index contributed by atoms with van der Waals surface area (Å²) in [4.78, 5) is 33.6. The Morgan fingerprint density at radius 2 is 1.83 bits per heavy atom. The summed E-state index contributed by atoms with van der Waals surface area (Å²) in [7, 11) is 0. The van der Waals surface area contributed by atoms with E-state index in [9.17, 15) is 14.4 Å². The molecule has 0 rings (SSSR count). The second-order valence-corrected chi connectivity index (χ2v) is 4.50. The quantitative estimate of drug-likeness (QED) is 0.591. The fourth-order valence-corrected chi connectivity index (χ4v) is 1.39. The smallest absolute Gasteiger partial charge is 0.322 e. The lowest BCUT2D eigenvalue weighted by molar-refractivity contribution is -0.138. The fraction of sp³-hybridized carbons (Fsp3) is 0.750. The highest BCUT2D eigenvalue weighted by atomic mass is 16.4. The SMILES string of the molecule is CCCCC(=O)NC(C(=O)NCC(=O)O)C(C)C. The van der Waals surface area contributed by atoms with E-state index in [1.165, 1.54) is 0 Å². The van der Waals surface area contributed by atoms with Crippen molar-refractivity contribution in [2.24, 2.45) is 5.92 Å². The van der Waals surface area contributed by atoms with Crippen LogP contribution in [-0.4, -0.2) is 35.5 Å². The van der Waals surface area contributed by atoms with Gasteiger partial charge in [-0.1, -0.05) is 27.2 Å². The van der Waals surface area contributed by atoms with Crippen molar-refractivity contribution in [2.45, 2.75) is 46.1 Å². The molecular formula is C12H22N2O4. The van der Waals surface area contributed by atoms with Crippen LogP contribution in [0.3, 0.4) is 0 Å². The number of aliphatic carboxylic acids is 1. The number of unbranched alkanes of at least 4 members (excludes halogenated alkanes) is 1. The summed E-state index contributed by atoms with van der Waals surface area (Å²) in [6.07, 6.45) is 2.06. The van der Waals surface area contributed by atoms with Gasteiger partial charge >= 0.3 is 5.97 Å². The van der Waals surface area contributed by atoms with Crippen molar-refractivity contribution in [2.75, 3.05) is 6.54 Å². The zero-order chi connectivity index (χ0) is 14.1. The molecule has 0 spiro atoms. The monoisotopic (exact) mass is 258 g/mol. The number of amides is 2. The number of carbonyl (C=O) groups excluding carboxylic acids is 2. The molecule has 6 heteroatoms. The van der Waals surface area contributed by atoms with E-state index in [0.29, 0.717) is 6.42 Å². The Kier molecular flexibility index (Phi) is 7.74. The molecular weight excluding hydrogens is 236 g/mol. The van der Waals surface area contributed by atoms with Crippen molar-refractivity contribution in [1.82, 2.24) is 10.6 Å². The van der Waals surface area contributed by atoms with Gasteiger partial charge in [0.05, 0.1) is 0 Å². The molecule has 2 amide bonds. The van der Waals surface area contributed by atoms with Gasteiger partial charge in [0, 0.05) is 6.42 Å². The second kappa shape index (κ2) is 8.49. The molecule has 0 aromatic rings. The molecule has 18 heavy (non-hydrogen) atoms. The average Bonchev–Trinajstić information content (AvgIpc) is 2.29. The molecule has 0 aromatic heterocycles. The largest absolute Gasteiger partial charge is 0.480 e. The maximum absolute atomic E-state index is 11.7. The lowest BCUT2D eigenvalue weighted by atomic mass is 10.0. The van der Waals surface area contributed by atoms with Crippen LogP contribution >= 0.6 is 0 Å². The van der Waals surface area contributed by atoms with Crippen molar-refractivity contribution in [1.29, 1.82) is 0 Å². The first-order valence-electron chi connectivity index (χ1n) is 6.17. The summed E-state index contributed by atoms with van der Waals surface area (Å²) in [5.41, 5.74) is 0. The molecule has 1 atom stereocenters. The van der Waals surface area contributed by atoms with Crippen LogP contribution in [0.4, 0.5) is 0 Å². The molecule has 0 fully saturated rings. The Balaban J connectivity index is 4.33. The first-order chi connectivity index (χ1) is 8.38. The predicted octanol–water partition coefficient (Wildman–Crippen LogP) is 0.518. The van der Waals surface area contributed by atoms with Gasteiger partial charge in [0.1, 0.15) is 12.6 Å². The first-order valence-corrected chi connectivity index (χ1v) is 6.17. The number of carboxylic acids is 1. The standard InChI is InChI=1S/C12H22N2O4/c1-4-5-6-9(15)14-11(8(2)3)12(18)13-7-10(16)17/h8,11H,4-7H2,1-3H3,(H,13,18)(H,14,15)(H,16,17). The molecule has 0 heterocycles. The van der Waals surface area contributed by atoms with Crippen molar-refractivity contribution >= 4 is 17.8 Å². The van der Waals surface area contributed by atoms with E-state index < -0.39 is 24.5 Å². The van der Waals surface area contributed by atoms with Crippen molar-refractivity contribution in [3.8, 4) is 0 Å². The van der Waals surface area contributed by atoms with Crippen molar-refractivity contribution in [3.05, 3.63) is 0 Å². The maximum Gasteiger partial charge on any atom is 0.322 e. The molecule has 0 aromatic carbocycles. The Labute approximate surface area is 107 Å². The third-order valence-electron chi connectivity index (χ3n) is 2.44. The zero-order valence-corrected chi connectivity index (χ0v) is 11.2. The Morgan fingerprint density at radius 3 is 2.28 bits per heavy atom. The molecule has 6 nitrogen and oxygen atoms in total. The third-order valence-corrected chi connectivity index (χ3v) is 2.44. The van der Waals surface area contributed by atoms with Gasteiger partial charge in [-0.25, -0.2) is 0 Å². The van der Waals surface area contributed by atoms with Crippen LogP contribution in [-0.2, 0) is 14.4 Å². The number of rotatable bonds is 8. The minimum Gasteiger partial charge on any atom is -0.480 e. The molecule has 1 unspecified atom stereocenters. The fourth-order valence-electron chi connectivity index (χ4n) is 1.39. The summed E-state index contributed by atoms with van der Waals surface area (Å²) in [6.45, 7) is 5.13. The van der Waals surface area contributed by atoms with Crippen LogP contribution in [0.25, 0.3) is 0 Å². The predicted molar refractivity (Wildman–Crippen MR) is 66.9 cm³/mol. The highest BCUT2D eigenvalue weighted by molar-refractivity contribution is 5.89. The number of carboxylic acid groups (broad SMARTS) is 1. The van der Waals surface area contributed by atoms with E-state index in [4.69, 9.17) is 5.11 Å². The number of nitrogens with one attached hydrogen (secondary N) is 2. The lowest BCUT2D eigenvalue weighted by Gasteiger charge is -2.21. The molecule has 0 aliphatic heterocycles. The summed E-state index contributed by atoms with van der Waals surface area (Å²) >= 11 is 0.